The Morgan fingerprint density at radius 2 is 1.77 bits per heavy atom. The molecule has 0 aliphatic heterocycles. The minimum Gasteiger partial charge on any atom is -0.333 e. The van der Waals surface area contributed by atoms with E-state index in [1.54, 1.807) is 22.6 Å². The summed E-state index contributed by atoms with van der Waals surface area (Å²) in [4.78, 5) is 32.8. The third kappa shape index (κ3) is 4.22. The zero-order chi connectivity index (χ0) is 22.1. The second-order valence-corrected chi connectivity index (χ2v) is 8.58. The van der Waals surface area contributed by atoms with Gasteiger partial charge in [0, 0.05) is 12.6 Å². The Bertz CT molecular complexity index is 1130. The van der Waals surface area contributed by atoms with Crippen LogP contribution in [-0.4, -0.2) is 33.1 Å². The van der Waals surface area contributed by atoms with Crippen LogP contribution in [0.3, 0.4) is 0 Å². The summed E-state index contributed by atoms with van der Waals surface area (Å²) >= 11 is 0. The summed E-state index contributed by atoms with van der Waals surface area (Å²) in [5.41, 5.74) is 1.98. The quantitative estimate of drug-likeness (QED) is 0.696. The average molecular weight is 407 g/mol. The van der Waals surface area contributed by atoms with E-state index in [1.165, 1.54) is 0 Å². The van der Waals surface area contributed by atoms with Gasteiger partial charge in [-0.15, -0.1) is 0 Å². The molecule has 3 rings (SSSR count). The van der Waals surface area contributed by atoms with Crippen molar-refractivity contribution in [1.82, 2.24) is 19.8 Å². The Morgan fingerprint density at radius 1 is 1.13 bits per heavy atom. The first-order chi connectivity index (χ1) is 14.1. The van der Waals surface area contributed by atoms with Gasteiger partial charge in [-0.3, -0.25) is 9.36 Å². The monoisotopic (exact) mass is 406 g/mol. The Balaban J connectivity index is 2.23. The lowest BCUT2D eigenvalue weighted by molar-refractivity contribution is 0.182. The number of aromatic nitrogens is 2. The topological polar surface area (TPSA) is 67.2 Å². The van der Waals surface area contributed by atoms with Crippen molar-refractivity contribution < 1.29 is 4.79 Å². The maximum absolute atomic E-state index is 13.5. The minimum absolute atomic E-state index is 0.132. The molecule has 0 aliphatic carbocycles. The number of hydrogen-bond donors (Lipinski definition) is 1. The van der Waals surface area contributed by atoms with Crippen LogP contribution in [0.25, 0.3) is 16.6 Å². The standard InChI is InChI=1S/C24H30N4O2/c1-7-17-12-8-11-15-20(17)28-21(16(2)27(6)23(30)26-24(3,4)5)25-19-14-10-9-13-18(19)22(28)29/h8-16H,7H2,1-6H3,(H,26,30). The Morgan fingerprint density at radius 3 is 2.43 bits per heavy atom. The highest BCUT2D eigenvalue weighted by Gasteiger charge is 2.26. The first-order valence-electron chi connectivity index (χ1n) is 10.3. The van der Waals surface area contributed by atoms with Gasteiger partial charge >= 0.3 is 6.03 Å². The van der Waals surface area contributed by atoms with Crippen LogP contribution in [0.4, 0.5) is 4.79 Å². The number of rotatable bonds is 4. The number of nitrogens with zero attached hydrogens (tertiary/aromatic N) is 3. The third-order valence-corrected chi connectivity index (χ3v) is 5.17. The minimum atomic E-state index is -0.422. The first kappa shape index (κ1) is 21.6. The van der Waals surface area contributed by atoms with Crippen molar-refractivity contribution in [2.75, 3.05) is 7.05 Å². The van der Waals surface area contributed by atoms with Crippen molar-refractivity contribution in [2.24, 2.45) is 0 Å². The van der Waals surface area contributed by atoms with Crippen molar-refractivity contribution in [1.29, 1.82) is 0 Å². The van der Waals surface area contributed by atoms with E-state index in [-0.39, 0.29) is 17.1 Å². The Hall–Kier alpha value is -3.15. The van der Waals surface area contributed by atoms with Gasteiger partial charge in [0.15, 0.2) is 0 Å². The smallest absolute Gasteiger partial charge is 0.318 e. The highest BCUT2D eigenvalue weighted by atomic mass is 16.2. The normalized spacial score (nSPS) is 12.6. The van der Waals surface area contributed by atoms with Crippen LogP contribution in [0.15, 0.2) is 53.3 Å². The number of fused-ring (bicyclic) bond motifs is 1. The lowest BCUT2D eigenvalue weighted by atomic mass is 10.1. The molecule has 6 nitrogen and oxygen atoms in total. The predicted octanol–water partition coefficient (Wildman–Crippen LogP) is 4.45. The van der Waals surface area contributed by atoms with E-state index in [9.17, 15) is 9.59 Å². The molecule has 1 atom stereocenters. The molecular weight excluding hydrogens is 376 g/mol. The van der Waals surface area contributed by atoms with Gasteiger partial charge in [0.1, 0.15) is 5.82 Å². The molecular formula is C24H30N4O2. The second-order valence-electron chi connectivity index (χ2n) is 8.58. The van der Waals surface area contributed by atoms with Gasteiger partial charge in [-0.2, -0.15) is 0 Å². The number of nitrogens with one attached hydrogen (secondary N) is 1. The second kappa shape index (κ2) is 8.30. The van der Waals surface area contributed by atoms with Gasteiger partial charge < -0.3 is 10.2 Å². The Labute approximate surface area is 177 Å². The average Bonchev–Trinajstić information content (AvgIpc) is 2.71. The molecule has 1 heterocycles. The van der Waals surface area contributed by atoms with Gasteiger partial charge in [-0.25, -0.2) is 9.78 Å². The molecule has 0 saturated heterocycles. The molecule has 2 amide bonds. The van der Waals surface area contributed by atoms with E-state index in [2.05, 4.69) is 12.2 Å². The summed E-state index contributed by atoms with van der Waals surface area (Å²) in [7, 11) is 1.73. The number of aryl methyl sites for hydroxylation is 1. The molecule has 1 unspecified atom stereocenters. The van der Waals surface area contributed by atoms with Gasteiger partial charge in [-0.05, 0) is 57.9 Å². The number of carbonyl (C=O) groups excluding carboxylic acids is 1. The molecule has 2 aromatic carbocycles. The molecule has 1 aromatic heterocycles. The van der Waals surface area contributed by atoms with Crippen molar-refractivity contribution in [3.8, 4) is 5.69 Å². The van der Waals surface area contributed by atoms with Crippen LogP contribution in [0, 0.1) is 0 Å². The maximum atomic E-state index is 13.5. The number of urea groups is 1. The molecule has 6 heteroatoms. The molecule has 0 bridgehead atoms. The third-order valence-electron chi connectivity index (χ3n) is 5.17. The highest BCUT2D eigenvalue weighted by molar-refractivity contribution is 5.78. The van der Waals surface area contributed by atoms with Crippen molar-refractivity contribution in [3.63, 3.8) is 0 Å². The van der Waals surface area contributed by atoms with Crippen molar-refractivity contribution in [3.05, 3.63) is 70.3 Å². The molecule has 0 radical (unpaired) electrons. The molecule has 158 valence electrons. The van der Waals surface area contributed by atoms with E-state index in [1.807, 2.05) is 70.2 Å². The number of para-hydroxylation sites is 2. The fourth-order valence-electron chi connectivity index (χ4n) is 3.45. The van der Waals surface area contributed by atoms with Crippen LogP contribution in [0.1, 0.15) is 52.0 Å². The largest absolute Gasteiger partial charge is 0.333 e. The maximum Gasteiger partial charge on any atom is 0.318 e. The molecule has 0 fully saturated rings. The van der Waals surface area contributed by atoms with Crippen LogP contribution in [-0.2, 0) is 6.42 Å². The summed E-state index contributed by atoms with van der Waals surface area (Å²) in [5.74, 6) is 0.533. The van der Waals surface area contributed by atoms with Gasteiger partial charge in [0.2, 0.25) is 0 Å². The van der Waals surface area contributed by atoms with Crippen LogP contribution >= 0.6 is 0 Å². The molecule has 0 aliphatic rings. The number of benzene rings is 2. The van der Waals surface area contributed by atoms with E-state index in [4.69, 9.17) is 4.98 Å². The van der Waals surface area contributed by atoms with Gasteiger partial charge in [0.05, 0.1) is 22.6 Å². The van der Waals surface area contributed by atoms with E-state index in [0.29, 0.717) is 16.7 Å². The summed E-state index contributed by atoms with van der Waals surface area (Å²) in [6, 6.07) is 14.5. The number of hydrogen-bond acceptors (Lipinski definition) is 3. The van der Waals surface area contributed by atoms with Gasteiger partial charge in [-0.1, -0.05) is 37.3 Å². The van der Waals surface area contributed by atoms with Gasteiger partial charge in [0.25, 0.3) is 5.56 Å². The molecule has 0 saturated carbocycles. The molecule has 0 spiro atoms. The SMILES string of the molecule is CCc1ccccc1-n1c(C(C)N(C)C(=O)NC(C)(C)C)nc2ccccc2c1=O. The van der Waals surface area contributed by atoms with Crippen LogP contribution in [0.5, 0.6) is 0 Å². The fourth-order valence-corrected chi connectivity index (χ4v) is 3.45. The first-order valence-corrected chi connectivity index (χ1v) is 10.3. The summed E-state index contributed by atoms with van der Waals surface area (Å²) in [6.07, 6.45) is 0.781. The molecule has 1 N–H and O–H groups in total. The fraction of sp³-hybridized carbons (Fsp3) is 0.375. The van der Waals surface area contributed by atoms with E-state index >= 15 is 0 Å². The number of carbonyl (C=O) groups is 1. The van der Waals surface area contributed by atoms with Crippen molar-refractivity contribution in [2.45, 2.75) is 52.6 Å². The van der Waals surface area contributed by atoms with Crippen LogP contribution in [0.2, 0.25) is 0 Å². The molecule has 30 heavy (non-hydrogen) atoms. The van der Waals surface area contributed by atoms with E-state index < -0.39 is 6.04 Å². The summed E-state index contributed by atoms with van der Waals surface area (Å²) < 4.78 is 1.66. The lowest BCUT2D eigenvalue weighted by Crippen LogP contribution is -2.48. The summed E-state index contributed by atoms with van der Waals surface area (Å²) in [6.45, 7) is 9.76. The van der Waals surface area contributed by atoms with Crippen LogP contribution < -0.4 is 10.9 Å². The van der Waals surface area contributed by atoms with E-state index in [0.717, 1.165) is 17.7 Å². The zero-order valence-electron chi connectivity index (χ0n) is 18.6. The Kier molecular flexibility index (Phi) is 5.97. The summed E-state index contributed by atoms with van der Waals surface area (Å²) in [5, 5.41) is 3.53. The lowest BCUT2D eigenvalue weighted by Gasteiger charge is -2.30. The zero-order valence-corrected chi connectivity index (χ0v) is 18.6. The highest BCUT2D eigenvalue weighted by Crippen LogP contribution is 2.24. The predicted molar refractivity (Wildman–Crippen MR) is 121 cm³/mol. The van der Waals surface area contributed by atoms with Crippen molar-refractivity contribution >= 4 is 16.9 Å². The molecule has 3 aromatic rings. The number of amides is 2.